The van der Waals surface area contributed by atoms with Crippen LogP contribution in [0.4, 0.5) is 4.39 Å². The maximum absolute atomic E-state index is 13.2. The van der Waals surface area contributed by atoms with E-state index in [-0.39, 0.29) is 11.6 Å². The molecule has 0 fully saturated rings. The van der Waals surface area contributed by atoms with Crippen LogP contribution in [0.3, 0.4) is 0 Å². The van der Waals surface area contributed by atoms with E-state index in [2.05, 4.69) is 35.8 Å². The first kappa shape index (κ1) is 19.5. The molecule has 3 aromatic rings. The first-order valence-corrected chi connectivity index (χ1v) is 9.73. The summed E-state index contributed by atoms with van der Waals surface area (Å²) in [4.78, 5) is 0. The van der Waals surface area contributed by atoms with E-state index < -0.39 is 5.82 Å². The van der Waals surface area contributed by atoms with Crippen molar-refractivity contribution in [1.29, 1.82) is 0 Å². The Kier molecular flexibility index (Phi) is 6.53. The molecule has 2 aromatic carbocycles. The zero-order valence-corrected chi connectivity index (χ0v) is 16.4. The van der Waals surface area contributed by atoms with Crippen molar-refractivity contribution in [1.82, 2.24) is 14.8 Å². The molecule has 0 spiro atoms. The lowest BCUT2D eigenvalue weighted by Crippen LogP contribution is -2.07. The average Bonchev–Trinajstić information content (AvgIpc) is 3.02. The molecular weight excluding hydrogens is 385 g/mol. The lowest BCUT2D eigenvalue weighted by atomic mass is 10.1. The fourth-order valence-electron chi connectivity index (χ4n) is 2.49. The van der Waals surface area contributed by atoms with Gasteiger partial charge < -0.3 is 4.74 Å². The maximum Gasteiger partial charge on any atom is 0.191 e. The van der Waals surface area contributed by atoms with Gasteiger partial charge in [-0.15, -0.1) is 16.8 Å². The molecule has 0 atom stereocenters. The third kappa shape index (κ3) is 4.90. The first-order chi connectivity index (χ1) is 13.1. The number of thioether (sulfide) groups is 1. The summed E-state index contributed by atoms with van der Waals surface area (Å²) in [5.74, 6) is 1.45. The molecule has 0 aliphatic carbocycles. The van der Waals surface area contributed by atoms with Gasteiger partial charge in [-0.25, -0.2) is 4.39 Å². The Morgan fingerprint density at radius 1 is 1.26 bits per heavy atom. The second-order valence-electron chi connectivity index (χ2n) is 5.88. The number of nitrogens with zero attached hydrogens (tertiary/aromatic N) is 3. The minimum atomic E-state index is -0.405. The molecule has 0 N–H and O–H groups in total. The Labute approximate surface area is 167 Å². The lowest BCUT2D eigenvalue weighted by molar-refractivity contribution is 0.289. The lowest BCUT2D eigenvalue weighted by Gasteiger charge is -2.10. The summed E-state index contributed by atoms with van der Waals surface area (Å²) < 4.78 is 20.8. The molecule has 0 unspecified atom stereocenters. The molecule has 0 bridgehead atoms. The van der Waals surface area contributed by atoms with Crippen molar-refractivity contribution in [2.45, 2.75) is 31.0 Å². The number of aromatic nitrogens is 3. The van der Waals surface area contributed by atoms with Crippen LogP contribution < -0.4 is 4.74 Å². The van der Waals surface area contributed by atoms with E-state index in [9.17, 15) is 4.39 Å². The van der Waals surface area contributed by atoms with Gasteiger partial charge in [0.2, 0.25) is 0 Å². The van der Waals surface area contributed by atoms with Crippen molar-refractivity contribution < 1.29 is 9.13 Å². The minimum Gasteiger partial charge on any atom is -0.484 e. The van der Waals surface area contributed by atoms with Crippen LogP contribution >= 0.6 is 23.4 Å². The Hall–Kier alpha value is -2.31. The summed E-state index contributed by atoms with van der Waals surface area (Å²) in [7, 11) is 0. The molecule has 7 heteroatoms. The summed E-state index contributed by atoms with van der Waals surface area (Å²) in [6, 6.07) is 12.3. The van der Waals surface area contributed by atoms with Crippen molar-refractivity contribution in [3.05, 3.63) is 82.9 Å². The smallest absolute Gasteiger partial charge is 0.191 e. The van der Waals surface area contributed by atoms with Crippen molar-refractivity contribution in [2.75, 3.05) is 0 Å². The maximum atomic E-state index is 13.2. The van der Waals surface area contributed by atoms with Crippen molar-refractivity contribution in [3.8, 4) is 5.75 Å². The van der Waals surface area contributed by atoms with Crippen molar-refractivity contribution >= 4 is 23.4 Å². The zero-order chi connectivity index (χ0) is 19.2. The van der Waals surface area contributed by atoms with E-state index in [0.29, 0.717) is 18.1 Å². The van der Waals surface area contributed by atoms with Gasteiger partial charge in [0.15, 0.2) is 11.0 Å². The predicted molar refractivity (Wildman–Crippen MR) is 107 cm³/mol. The normalized spacial score (nSPS) is 10.8. The third-order valence-corrected chi connectivity index (χ3v) is 5.28. The van der Waals surface area contributed by atoms with E-state index >= 15 is 0 Å². The van der Waals surface area contributed by atoms with Gasteiger partial charge in [-0.05, 0) is 36.2 Å². The van der Waals surface area contributed by atoms with Gasteiger partial charge in [0, 0.05) is 12.3 Å². The first-order valence-electron chi connectivity index (χ1n) is 8.36. The third-order valence-electron chi connectivity index (χ3n) is 3.97. The Balaban J connectivity index is 1.72. The summed E-state index contributed by atoms with van der Waals surface area (Å²) in [6.07, 6.45) is 1.79. The standard InChI is InChI=1S/C20H19ClFN3OS/c1-3-10-25-19(12-26-18-9-8-16(22)11-17(18)21)23-24-20(25)27-13-15-7-5-4-6-14(15)2/h3-9,11H,1,10,12-13H2,2H3. The quantitative estimate of drug-likeness (QED) is 0.371. The monoisotopic (exact) mass is 403 g/mol. The molecular formula is C20H19ClFN3OS. The summed E-state index contributed by atoms with van der Waals surface area (Å²) >= 11 is 7.62. The predicted octanol–water partition coefficient (Wildman–Crippen LogP) is 5.44. The second-order valence-corrected chi connectivity index (χ2v) is 7.23. The average molecular weight is 404 g/mol. The highest BCUT2D eigenvalue weighted by molar-refractivity contribution is 7.98. The summed E-state index contributed by atoms with van der Waals surface area (Å²) in [5, 5.41) is 9.53. The van der Waals surface area contributed by atoms with Crippen LogP contribution in [0.1, 0.15) is 17.0 Å². The van der Waals surface area contributed by atoms with Gasteiger partial charge in [-0.3, -0.25) is 4.57 Å². The molecule has 0 radical (unpaired) electrons. The molecule has 0 saturated heterocycles. The Bertz CT molecular complexity index is 945. The zero-order valence-electron chi connectivity index (χ0n) is 14.9. The Morgan fingerprint density at radius 2 is 2.07 bits per heavy atom. The number of hydrogen-bond donors (Lipinski definition) is 0. The van der Waals surface area contributed by atoms with Crippen LogP contribution in [0.15, 0.2) is 60.3 Å². The van der Waals surface area contributed by atoms with E-state index in [1.807, 2.05) is 16.7 Å². The van der Waals surface area contributed by atoms with Crippen LogP contribution in [-0.2, 0) is 18.9 Å². The fourth-order valence-corrected chi connectivity index (χ4v) is 3.76. The van der Waals surface area contributed by atoms with Gasteiger partial charge in [0.05, 0.1) is 5.02 Å². The van der Waals surface area contributed by atoms with Crippen molar-refractivity contribution in [3.63, 3.8) is 0 Å². The SMILES string of the molecule is C=CCn1c(COc2ccc(F)cc2Cl)nnc1SCc1ccccc1C. The highest BCUT2D eigenvalue weighted by atomic mass is 35.5. The highest BCUT2D eigenvalue weighted by Crippen LogP contribution is 2.27. The van der Waals surface area contributed by atoms with Crippen LogP contribution in [0.2, 0.25) is 5.02 Å². The molecule has 0 saturated carbocycles. The van der Waals surface area contributed by atoms with E-state index in [4.69, 9.17) is 16.3 Å². The van der Waals surface area contributed by atoms with Crippen LogP contribution in [0, 0.1) is 12.7 Å². The number of aryl methyl sites for hydroxylation is 1. The second kappa shape index (κ2) is 9.06. The number of ether oxygens (including phenoxy) is 1. The topological polar surface area (TPSA) is 39.9 Å². The minimum absolute atomic E-state index is 0.178. The molecule has 140 valence electrons. The number of hydrogen-bond acceptors (Lipinski definition) is 4. The summed E-state index contributed by atoms with van der Waals surface area (Å²) in [6.45, 7) is 6.64. The molecule has 27 heavy (non-hydrogen) atoms. The number of rotatable bonds is 8. The molecule has 1 aromatic heterocycles. The van der Waals surface area contributed by atoms with Crippen LogP contribution in [0.25, 0.3) is 0 Å². The molecule has 1 heterocycles. The molecule has 4 nitrogen and oxygen atoms in total. The fraction of sp³-hybridized carbons (Fsp3) is 0.200. The van der Waals surface area contributed by atoms with E-state index in [1.165, 1.54) is 29.3 Å². The van der Waals surface area contributed by atoms with Crippen LogP contribution in [-0.4, -0.2) is 14.8 Å². The number of benzene rings is 2. The van der Waals surface area contributed by atoms with E-state index in [1.54, 1.807) is 17.8 Å². The highest BCUT2D eigenvalue weighted by Gasteiger charge is 2.14. The van der Waals surface area contributed by atoms with Crippen LogP contribution in [0.5, 0.6) is 5.75 Å². The van der Waals surface area contributed by atoms with Gasteiger partial charge in [0.1, 0.15) is 18.2 Å². The molecule has 3 rings (SSSR count). The Morgan fingerprint density at radius 3 is 2.81 bits per heavy atom. The number of halogens is 2. The number of allylic oxidation sites excluding steroid dienone is 1. The van der Waals surface area contributed by atoms with Gasteiger partial charge >= 0.3 is 0 Å². The van der Waals surface area contributed by atoms with Gasteiger partial charge in [-0.2, -0.15) is 0 Å². The van der Waals surface area contributed by atoms with Gasteiger partial charge in [0.25, 0.3) is 0 Å². The molecule has 0 aliphatic heterocycles. The van der Waals surface area contributed by atoms with Gasteiger partial charge in [-0.1, -0.05) is 53.7 Å². The molecule has 0 amide bonds. The molecule has 0 aliphatic rings. The largest absolute Gasteiger partial charge is 0.484 e. The van der Waals surface area contributed by atoms with Crippen molar-refractivity contribution in [2.24, 2.45) is 0 Å². The van der Waals surface area contributed by atoms with E-state index in [0.717, 1.165) is 10.9 Å². The summed E-state index contributed by atoms with van der Waals surface area (Å²) in [5.41, 5.74) is 2.50.